The summed E-state index contributed by atoms with van der Waals surface area (Å²) in [6.45, 7) is 8.17. The van der Waals surface area contributed by atoms with Crippen LogP contribution in [0.25, 0.3) is 0 Å². The van der Waals surface area contributed by atoms with Crippen molar-refractivity contribution < 1.29 is 0 Å². The van der Waals surface area contributed by atoms with Gasteiger partial charge >= 0.3 is 61.9 Å². The van der Waals surface area contributed by atoms with Gasteiger partial charge in [0.25, 0.3) is 0 Å². The molecule has 0 saturated carbocycles. The molecule has 0 atom stereocenters. The topological polar surface area (TPSA) is 25.8 Å². The van der Waals surface area contributed by atoms with Crippen LogP contribution in [0.4, 0.5) is 0 Å². The van der Waals surface area contributed by atoms with Gasteiger partial charge in [0.05, 0.1) is 0 Å². The molecule has 2 aromatic heterocycles. The quantitative estimate of drug-likeness (QED) is 0.325. The average Bonchev–Trinajstić information content (AvgIpc) is 2.26. The monoisotopic (exact) mass is 604 g/mol. The van der Waals surface area contributed by atoms with Crippen molar-refractivity contribution in [2.75, 3.05) is 0 Å². The van der Waals surface area contributed by atoms with Gasteiger partial charge < -0.3 is 0 Å². The van der Waals surface area contributed by atoms with Crippen molar-refractivity contribution in [3.8, 4) is 0 Å². The molecule has 0 amide bonds. The van der Waals surface area contributed by atoms with E-state index < -0.39 is 5.90 Å². The van der Waals surface area contributed by atoms with Crippen LogP contribution in [0.2, 0.25) is 0 Å². The molecule has 0 radical (unpaired) electrons. The second kappa shape index (κ2) is 11.3. The maximum absolute atomic E-state index is 3.98. The SMILES string of the molecule is Cc1cncc(C)c1.Cc1cncc(C)c1.[Br][Ge]([Br])([Br])[Br]. The van der Waals surface area contributed by atoms with Crippen LogP contribution in [-0.4, -0.2) is 15.9 Å². The molecule has 2 aromatic rings. The number of hydrogen-bond donors (Lipinski definition) is 0. The molecule has 2 nitrogen and oxygen atoms in total. The molecule has 116 valence electrons. The van der Waals surface area contributed by atoms with Gasteiger partial charge in [0, 0.05) is 24.8 Å². The second-order valence-electron chi connectivity index (χ2n) is 4.51. The van der Waals surface area contributed by atoms with Gasteiger partial charge in [-0.15, -0.1) is 0 Å². The summed E-state index contributed by atoms with van der Waals surface area (Å²) in [6.07, 6.45) is 7.42. The van der Waals surface area contributed by atoms with E-state index in [1.54, 1.807) is 0 Å². The zero-order valence-electron chi connectivity index (χ0n) is 12.4. The summed E-state index contributed by atoms with van der Waals surface area (Å²) in [5.74, 6) is -1.75. The van der Waals surface area contributed by atoms with Gasteiger partial charge in [0.2, 0.25) is 0 Å². The van der Waals surface area contributed by atoms with Crippen LogP contribution in [0.3, 0.4) is 0 Å². The van der Waals surface area contributed by atoms with E-state index >= 15 is 0 Å². The van der Waals surface area contributed by atoms with Crippen LogP contribution < -0.4 is 0 Å². The fourth-order valence-electron chi connectivity index (χ4n) is 1.41. The summed E-state index contributed by atoms with van der Waals surface area (Å²) in [6, 6.07) is 4.21. The van der Waals surface area contributed by atoms with Crippen LogP contribution >= 0.6 is 56.0 Å². The van der Waals surface area contributed by atoms with Crippen LogP contribution in [0, 0.1) is 27.7 Å². The Kier molecular flexibility index (Phi) is 11.7. The van der Waals surface area contributed by atoms with Gasteiger partial charge in [-0.25, -0.2) is 0 Å². The van der Waals surface area contributed by atoms with Crippen LogP contribution in [0.5, 0.6) is 0 Å². The number of halogens is 4. The van der Waals surface area contributed by atoms with E-state index in [1.807, 2.05) is 52.5 Å². The molecule has 0 aromatic carbocycles. The predicted molar refractivity (Wildman–Crippen MR) is 109 cm³/mol. The van der Waals surface area contributed by atoms with Crippen molar-refractivity contribution in [1.82, 2.24) is 9.97 Å². The number of aromatic nitrogens is 2. The molecule has 2 heterocycles. The first-order chi connectivity index (χ1) is 9.58. The van der Waals surface area contributed by atoms with E-state index in [4.69, 9.17) is 0 Å². The van der Waals surface area contributed by atoms with Crippen molar-refractivity contribution >= 4 is 61.9 Å². The average molecular weight is 607 g/mol. The van der Waals surface area contributed by atoms with Crippen molar-refractivity contribution in [1.29, 1.82) is 0 Å². The van der Waals surface area contributed by atoms with E-state index in [2.05, 4.69) is 78.1 Å². The summed E-state index contributed by atoms with van der Waals surface area (Å²) in [4.78, 5) is 7.97. The molecule has 0 aliphatic heterocycles. The fraction of sp³-hybridized carbons (Fsp3) is 0.286. The number of pyridine rings is 2. The van der Waals surface area contributed by atoms with Gasteiger partial charge in [-0.3, -0.25) is 9.97 Å². The van der Waals surface area contributed by atoms with Crippen molar-refractivity contribution in [3.05, 3.63) is 59.2 Å². The Balaban J connectivity index is 0.000000296. The molecular weight excluding hydrogens is 588 g/mol. The molecule has 0 saturated heterocycles. The number of aryl methyl sites for hydroxylation is 4. The summed E-state index contributed by atoms with van der Waals surface area (Å²) in [7, 11) is 0. The minimum absolute atomic E-state index is 1.23. The molecule has 0 fully saturated rings. The Labute approximate surface area is 157 Å². The predicted octanol–water partition coefficient (Wildman–Crippen LogP) is 6.40. The molecule has 0 aliphatic rings. The third-order valence-electron chi connectivity index (χ3n) is 2.02. The Hall–Kier alpha value is 0.763. The normalized spacial score (nSPS) is 9.90. The molecule has 0 spiro atoms. The fourth-order valence-corrected chi connectivity index (χ4v) is 1.41. The molecule has 0 N–H and O–H groups in total. The van der Waals surface area contributed by atoms with Crippen LogP contribution in [0.1, 0.15) is 22.3 Å². The Morgan fingerprint density at radius 1 is 0.619 bits per heavy atom. The first kappa shape index (κ1) is 21.8. The van der Waals surface area contributed by atoms with E-state index in [9.17, 15) is 0 Å². The third kappa shape index (κ3) is 17.0. The Bertz CT molecular complexity index is 460. The van der Waals surface area contributed by atoms with Crippen LogP contribution in [0.15, 0.2) is 36.9 Å². The molecular formula is C14H18Br4GeN2. The molecule has 2 rings (SSSR count). The summed E-state index contributed by atoms with van der Waals surface area (Å²) in [5.41, 5.74) is 4.91. The van der Waals surface area contributed by atoms with E-state index in [1.165, 1.54) is 22.3 Å². The van der Waals surface area contributed by atoms with Gasteiger partial charge in [-0.1, -0.05) is 12.1 Å². The van der Waals surface area contributed by atoms with E-state index in [0.29, 0.717) is 0 Å². The van der Waals surface area contributed by atoms with Gasteiger partial charge in [-0.05, 0) is 49.9 Å². The van der Waals surface area contributed by atoms with Crippen LogP contribution in [-0.2, 0) is 0 Å². The molecule has 7 heteroatoms. The molecule has 0 bridgehead atoms. The summed E-state index contributed by atoms with van der Waals surface area (Å²) < 4.78 is 0. The second-order valence-corrected chi connectivity index (χ2v) is 64.2. The van der Waals surface area contributed by atoms with E-state index in [0.717, 1.165) is 0 Å². The number of nitrogens with zero attached hydrogens (tertiary/aromatic N) is 2. The van der Waals surface area contributed by atoms with E-state index in [-0.39, 0.29) is 0 Å². The third-order valence-corrected chi connectivity index (χ3v) is 2.02. The standard InChI is InChI=1S/2C7H9N.Br4Ge/c2*1-6-3-7(2)5-8-4-6;1-5(2,3)4/h2*3-5H,1-2H3;. The number of rotatable bonds is 0. The van der Waals surface area contributed by atoms with Gasteiger partial charge in [-0.2, -0.15) is 0 Å². The summed E-state index contributed by atoms with van der Waals surface area (Å²) in [5, 5.41) is 0. The van der Waals surface area contributed by atoms with Gasteiger partial charge in [0.1, 0.15) is 0 Å². The first-order valence-corrected chi connectivity index (χ1v) is 25.8. The van der Waals surface area contributed by atoms with Crippen molar-refractivity contribution in [2.45, 2.75) is 27.7 Å². The zero-order valence-corrected chi connectivity index (χ0v) is 20.8. The number of hydrogen-bond acceptors (Lipinski definition) is 2. The summed E-state index contributed by atoms with van der Waals surface area (Å²) >= 11 is 13.2. The molecule has 21 heavy (non-hydrogen) atoms. The molecule has 0 aliphatic carbocycles. The first-order valence-electron chi connectivity index (χ1n) is 6.10. The Morgan fingerprint density at radius 2 is 0.810 bits per heavy atom. The van der Waals surface area contributed by atoms with Gasteiger partial charge in [0.15, 0.2) is 0 Å². The maximum atomic E-state index is 3.98. The molecule has 0 unspecified atom stereocenters. The van der Waals surface area contributed by atoms with Crippen molar-refractivity contribution in [3.63, 3.8) is 0 Å². The Morgan fingerprint density at radius 3 is 0.905 bits per heavy atom. The van der Waals surface area contributed by atoms with Crippen molar-refractivity contribution in [2.24, 2.45) is 0 Å². The zero-order chi connectivity index (χ0) is 16.5. The minimum atomic E-state index is -1.75.